The molecule has 112 valence electrons. The van der Waals surface area contributed by atoms with Crippen LogP contribution in [0.25, 0.3) is 0 Å². The number of Topliss-reactive ketones (excluding diaryl/α,β-unsaturated/α-hetero) is 1. The molecule has 4 nitrogen and oxygen atoms in total. The molecule has 0 saturated carbocycles. The van der Waals surface area contributed by atoms with Gasteiger partial charge in [0.05, 0.1) is 13.3 Å². The van der Waals surface area contributed by atoms with Crippen LogP contribution in [0.4, 0.5) is 0 Å². The van der Waals surface area contributed by atoms with E-state index in [4.69, 9.17) is 4.74 Å². The second kappa shape index (κ2) is 7.62. The maximum atomic E-state index is 12.4. The molecule has 1 heterocycles. The molecule has 0 saturated heterocycles. The Kier molecular flexibility index (Phi) is 5.55. The molecule has 0 atom stereocenters. The van der Waals surface area contributed by atoms with Gasteiger partial charge in [-0.2, -0.15) is 5.10 Å². The summed E-state index contributed by atoms with van der Waals surface area (Å²) in [5, 5.41) is 4.23. The van der Waals surface area contributed by atoms with Gasteiger partial charge in [-0.25, -0.2) is 0 Å². The van der Waals surface area contributed by atoms with Crippen LogP contribution in [0.5, 0.6) is 5.75 Å². The monoisotopic (exact) mass is 286 g/mol. The van der Waals surface area contributed by atoms with E-state index in [1.54, 1.807) is 18.0 Å². The minimum absolute atomic E-state index is 0.105. The third kappa shape index (κ3) is 3.94. The summed E-state index contributed by atoms with van der Waals surface area (Å²) >= 11 is 0. The fourth-order valence-electron chi connectivity index (χ4n) is 2.40. The quantitative estimate of drug-likeness (QED) is 0.698. The van der Waals surface area contributed by atoms with Crippen LogP contribution < -0.4 is 4.74 Å². The van der Waals surface area contributed by atoms with Crippen LogP contribution >= 0.6 is 0 Å². The van der Waals surface area contributed by atoms with E-state index in [0.29, 0.717) is 17.9 Å². The van der Waals surface area contributed by atoms with Crippen LogP contribution in [-0.4, -0.2) is 22.7 Å². The molecule has 0 aliphatic rings. The van der Waals surface area contributed by atoms with Crippen molar-refractivity contribution < 1.29 is 9.53 Å². The molecule has 0 spiro atoms. The highest BCUT2D eigenvalue weighted by Crippen LogP contribution is 2.20. The van der Waals surface area contributed by atoms with Crippen LogP contribution in [0.3, 0.4) is 0 Å². The Labute approximate surface area is 125 Å². The van der Waals surface area contributed by atoms with E-state index < -0.39 is 0 Å². The van der Waals surface area contributed by atoms with Crippen molar-refractivity contribution in [3.63, 3.8) is 0 Å². The van der Waals surface area contributed by atoms with E-state index in [9.17, 15) is 4.79 Å². The third-order valence-corrected chi connectivity index (χ3v) is 3.44. The summed E-state index contributed by atoms with van der Waals surface area (Å²) in [6.07, 6.45) is 4.83. The van der Waals surface area contributed by atoms with Crippen LogP contribution in [0.15, 0.2) is 36.5 Å². The number of aryl methyl sites for hydroxylation is 2. The summed E-state index contributed by atoms with van der Waals surface area (Å²) in [5.41, 5.74) is 1.87. The molecular formula is C17H22N2O2. The lowest BCUT2D eigenvalue weighted by molar-refractivity contribution is 0.0966. The number of ether oxygens (including phenoxy) is 1. The summed E-state index contributed by atoms with van der Waals surface area (Å²) in [6.45, 7) is 2.81. The van der Waals surface area contributed by atoms with E-state index >= 15 is 0 Å². The molecule has 0 N–H and O–H groups in total. The SMILES string of the molecule is CCCn1ncc(OC)c1C(=O)CCCc1ccccc1. The number of aromatic nitrogens is 2. The van der Waals surface area contributed by atoms with E-state index in [1.165, 1.54) is 5.56 Å². The summed E-state index contributed by atoms with van der Waals surface area (Å²) in [4.78, 5) is 12.4. The van der Waals surface area contributed by atoms with Gasteiger partial charge < -0.3 is 4.74 Å². The van der Waals surface area contributed by atoms with Gasteiger partial charge in [0, 0.05) is 13.0 Å². The molecular weight excluding hydrogens is 264 g/mol. The van der Waals surface area contributed by atoms with Crippen molar-refractivity contribution in [3.05, 3.63) is 47.8 Å². The van der Waals surface area contributed by atoms with Gasteiger partial charge in [-0.15, -0.1) is 0 Å². The lowest BCUT2D eigenvalue weighted by Gasteiger charge is -2.07. The fourth-order valence-corrected chi connectivity index (χ4v) is 2.40. The topological polar surface area (TPSA) is 44.1 Å². The zero-order chi connectivity index (χ0) is 15.1. The van der Waals surface area contributed by atoms with Gasteiger partial charge in [0.2, 0.25) is 0 Å². The fraction of sp³-hybridized carbons (Fsp3) is 0.412. The second-order valence-electron chi connectivity index (χ2n) is 5.05. The molecule has 21 heavy (non-hydrogen) atoms. The highest BCUT2D eigenvalue weighted by molar-refractivity contribution is 5.97. The molecule has 0 aliphatic carbocycles. The first-order valence-corrected chi connectivity index (χ1v) is 7.43. The molecule has 0 radical (unpaired) electrons. The standard InChI is InChI=1S/C17H22N2O2/c1-3-12-19-17(16(21-2)13-18-19)15(20)11-7-10-14-8-5-4-6-9-14/h4-6,8-9,13H,3,7,10-12H2,1-2H3. The van der Waals surface area contributed by atoms with Crippen molar-refractivity contribution in [1.82, 2.24) is 9.78 Å². The number of rotatable bonds is 8. The lowest BCUT2D eigenvalue weighted by atomic mass is 10.1. The van der Waals surface area contributed by atoms with Crippen molar-refractivity contribution in [2.24, 2.45) is 0 Å². The van der Waals surface area contributed by atoms with Crippen molar-refractivity contribution >= 4 is 5.78 Å². The second-order valence-corrected chi connectivity index (χ2v) is 5.05. The van der Waals surface area contributed by atoms with Gasteiger partial charge in [-0.3, -0.25) is 9.48 Å². The maximum absolute atomic E-state index is 12.4. The number of hydrogen-bond donors (Lipinski definition) is 0. The largest absolute Gasteiger partial charge is 0.493 e. The van der Waals surface area contributed by atoms with Gasteiger partial charge in [0.1, 0.15) is 5.69 Å². The number of benzene rings is 1. The third-order valence-electron chi connectivity index (χ3n) is 3.44. The first-order chi connectivity index (χ1) is 10.3. The molecule has 0 bridgehead atoms. The van der Waals surface area contributed by atoms with Crippen molar-refractivity contribution in [2.75, 3.05) is 7.11 Å². The van der Waals surface area contributed by atoms with Crippen molar-refractivity contribution in [3.8, 4) is 5.75 Å². The molecule has 2 aromatic rings. The van der Waals surface area contributed by atoms with Crippen molar-refractivity contribution in [2.45, 2.75) is 39.2 Å². The van der Waals surface area contributed by atoms with E-state index in [2.05, 4.69) is 24.2 Å². The number of ketones is 1. The number of methoxy groups -OCH3 is 1. The first kappa shape index (κ1) is 15.3. The Hall–Kier alpha value is -2.10. The van der Waals surface area contributed by atoms with Crippen LogP contribution in [-0.2, 0) is 13.0 Å². The Morgan fingerprint density at radius 2 is 2.05 bits per heavy atom. The highest BCUT2D eigenvalue weighted by atomic mass is 16.5. The van der Waals surface area contributed by atoms with Gasteiger partial charge in [0.25, 0.3) is 0 Å². The minimum atomic E-state index is 0.105. The molecule has 1 aromatic heterocycles. The number of carbonyl (C=O) groups is 1. The molecule has 2 rings (SSSR count). The van der Waals surface area contributed by atoms with Crippen LogP contribution in [0, 0.1) is 0 Å². The van der Waals surface area contributed by atoms with E-state index in [1.807, 2.05) is 18.2 Å². The van der Waals surface area contributed by atoms with Gasteiger partial charge >= 0.3 is 0 Å². The summed E-state index contributed by atoms with van der Waals surface area (Å²) in [6, 6.07) is 10.2. The molecule has 0 amide bonds. The average molecular weight is 286 g/mol. The Balaban J connectivity index is 1.98. The average Bonchev–Trinajstić information content (AvgIpc) is 2.91. The minimum Gasteiger partial charge on any atom is -0.493 e. The number of nitrogens with zero attached hydrogens (tertiary/aromatic N) is 2. The summed E-state index contributed by atoms with van der Waals surface area (Å²) in [7, 11) is 1.58. The van der Waals surface area contributed by atoms with Gasteiger partial charge in [-0.05, 0) is 24.8 Å². The normalized spacial score (nSPS) is 10.6. The highest BCUT2D eigenvalue weighted by Gasteiger charge is 2.18. The van der Waals surface area contributed by atoms with Gasteiger partial charge in [0.15, 0.2) is 11.5 Å². The van der Waals surface area contributed by atoms with Crippen LogP contribution in [0.1, 0.15) is 42.2 Å². The Morgan fingerprint density at radius 1 is 1.29 bits per heavy atom. The smallest absolute Gasteiger partial charge is 0.184 e. The van der Waals surface area contributed by atoms with Crippen LogP contribution in [0.2, 0.25) is 0 Å². The zero-order valence-electron chi connectivity index (χ0n) is 12.7. The molecule has 0 fully saturated rings. The maximum Gasteiger partial charge on any atom is 0.184 e. The lowest BCUT2D eigenvalue weighted by Crippen LogP contribution is -2.11. The Bertz CT molecular complexity index is 576. The molecule has 0 unspecified atom stereocenters. The van der Waals surface area contributed by atoms with Crippen molar-refractivity contribution in [1.29, 1.82) is 0 Å². The summed E-state index contributed by atoms with van der Waals surface area (Å²) in [5.74, 6) is 0.682. The zero-order valence-corrected chi connectivity index (χ0v) is 12.7. The summed E-state index contributed by atoms with van der Waals surface area (Å²) < 4.78 is 7.01. The molecule has 4 heteroatoms. The van der Waals surface area contributed by atoms with E-state index in [-0.39, 0.29) is 5.78 Å². The predicted molar refractivity (Wildman–Crippen MR) is 82.8 cm³/mol. The predicted octanol–water partition coefficient (Wildman–Crippen LogP) is 3.51. The van der Waals surface area contributed by atoms with E-state index in [0.717, 1.165) is 25.8 Å². The molecule has 0 aliphatic heterocycles. The number of hydrogen-bond acceptors (Lipinski definition) is 3. The number of carbonyl (C=O) groups excluding carboxylic acids is 1. The Morgan fingerprint density at radius 3 is 2.71 bits per heavy atom. The first-order valence-electron chi connectivity index (χ1n) is 7.43. The van der Waals surface area contributed by atoms with Gasteiger partial charge in [-0.1, -0.05) is 37.3 Å². The molecule has 1 aromatic carbocycles.